The Morgan fingerprint density at radius 2 is 1.83 bits per heavy atom. The Bertz CT molecular complexity index is 2230. The Hall–Kier alpha value is -3.79. The van der Waals surface area contributed by atoms with Crippen molar-refractivity contribution in [3.63, 3.8) is 0 Å². The number of alkyl halides is 2. The summed E-state index contributed by atoms with van der Waals surface area (Å²) < 4.78 is 93.4. The van der Waals surface area contributed by atoms with Gasteiger partial charge in [0.15, 0.2) is 5.82 Å². The predicted molar refractivity (Wildman–Crippen MR) is 207 cm³/mol. The number of ether oxygens (including phenoxy) is 2. The van der Waals surface area contributed by atoms with Crippen molar-refractivity contribution in [1.82, 2.24) is 19.9 Å². The van der Waals surface area contributed by atoms with E-state index >= 15 is 13.2 Å². The van der Waals surface area contributed by atoms with Crippen molar-refractivity contribution in [2.45, 2.75) is 101 Å². The molecule has 0 bridgehead atoms. The molecule has 5 atom stereocenters. The average Bonchev–Trinajstić information content (AvgIpc) is 3.50. The van der Waals surface area contributed by atoms with Crippen LogP contribution in [0.25, 0.3) is 32.9 Å². The highest BCUT2D eigenvalue weighted by Crippen LogP contribution is 2.46. The van der Waals surface area contributed by atoms with Gasteiger partial charge in [0, 0.05) is 42.6 Å². The van der Waals surface area contributed by atoms with Crippen LogP contribution in [0.2, 0.25) is 16.6 Å². The third-order valence-electron chi connectivity index (χ3n) is 12.5. The molecule has 0 radical (unpaired) electrons. The van der Waals surface area contributed by atoms with Gasteiger partial charge in [0.05, 0.1) is 38.5 Å². The van der Waals surface area contributed by atoms with E-state index in [2.05, 4.69) is 68.0 Å². The number of nitrogens with zero attached hydrogens (tertiary/aromatic N) is 5. The molecular weight excluding hydrogens is 711 g/mol. The molecule has 0 spiro atoms. The third-order valence-corrected chi connectivity index (χ3v) is 18.8. The summed E-state index contributed by atoms with van der Waals surface area (Å²) in [5.41, 5.74) is 3.44. The molecule has 54 heavy (non-hydrogen) atoms. The number of rotatable bonds is 8. The second-order valence-electron chi connectivity index (χ2n) is 16.4. The number of fused-ring (bicyclic) bond motifs is 4. The van der Waals surface area contributed by atoms with E-state index in [0.29, 0.717) is 52.3 Å². The Balaban J connectivity index is 1.31. The molecule has 12 heteroatoms. The zero-order chi connectivity index (χ0) is 39.9. The summed E-state index contributed by atoms with van der Waals surface area (Å²) in [6.45, 7) is 12.0. The summed E-state index contributed by atoms with van der Waals surface area (Å²) in [5.74, 6) is 1.63. The Kier molecular flexibility index (Phi) is 9.02. The van der Waals surface area contributed by atoms with Gasteiger partial charge in [0.1, 0.15) is 49.8 Å². The predicted octanol–water partition coefficient (Wildman–Crippen LogP) is 8.82. The van der Waals surface area contributed by atoms with Crippen LogP contribution < -0.4 is 9.64 Å². The number of aromatic nitrogens is 3. The molecule has 4 aliphatic rings. The molecule has 8 rings (SSSR count). The molecule has 7 nitrogen and oxygen atoms in total. The van der Waals surface area contributed by atoms with E-state index in [1.165, 1.54) is 12.3 Å². The summed E-state index contributed by atoms with van der Waals surface area (Å²) in [7, 11) is -2.29. The lowest BCUT2D eigenvalue weighted by atomic mass is 9.95. The molecule has 0 unspecified atom stereocenters. The summed E-state index contributed by atoms with van der Waals surface area (Å²) in [6, 6.07) is 7.23. The molecule has 2 aromatic carbocycles. The summed E-state index contributed by atoms with van der Waals surface area (Å²) in [4.78, 5) is 17.2. The molecule has 4 aromatic rings. The van der Waals surface area contributed by atoms with Crippen molar-refractivity contribution in [3.05, 3.63) is 53.7 Å². The van der Waals surface area contributed by atoms with Crippen LogP contribution in [0.1, 0.15) is 69.1 Å². The van der Waals surface area contributed by atoms with E-state index < -0.39 is 62.1 Å². The first-order valence-corrected chi connectivity index (χ1v) is 21.5. The summed E-state index contributed by atoms with van der Waals surface area (Å²) in [6.07, 6.45) is -0.00910. The van der Waals surface area contributed by atoms with Crippen LogP contribution in [0.5, 0.6) is 6.01 Å². The minimum atomic E-state index is -2.45. The summed E-state index contributed by atoms with van der Waals surface area (Å²) in [5, 5.41) is 1.25. The molecule has 4 fully saturated rings. The fraction of sp³-hybridized carbons (Fsp3) is 0.548. The van der Waals surface area contributed by atoms with Crippen molar-refractivity contribution in [3.8, 4) is 28.7 Å². The number of anilines is 1. The van der Waals surface area contributed by atoms with Crippen LogP contribution in [-0.2, 0) is 4.74 Å². The zero-order valence-electron chi connectivity index (χ0n) is 33.7. The standard InChI is InChI=1S/C42H49F4N5O2Si/c1-24(2)54(25(3)4,26(5)6)18-13-29-33(44)12-11-27-9-7-10-30(34(27)29)37-36(46)38-31(20-47-37)40(51-16-17-52-22-32-35(45)39(32)51)49-41(48-38)53-23-42-14-8-15-50(42)21-28(43)19-42/h7,9-12,20,24-26,28,32,35,39H,8,14-17,19,21-23H2,1-6H3/t28-,32-,35-,39-,42+/m1/s1/i23D2. The first-order valence-electron chi connectivity index (χ1n) is 20.3. The molecule has 286 valence electrons. The van der Waals surface area contributed by atoms with Gasteiger partial charge in [-0.05, 0) is 47.5 Å². The smallest absolute Gasteiger partial charge is 0.319 e. The highest BCUT2D eigenvalue weighted by atomic mass is 28.3. The Labute approximate surface area is 318 Å². The minimum Gasteiger partial charge on any atom is -0.461 e. The first-order chi connectivity index (χ1) is 26.6. The molecule has 1 aliphatic carbocycles. The lowest BCUT2D eigenvalue weighted by Gasteiger charge is -2.38. The van der Waals surface area contributed by atoms with Gasteiger partial charge < -0.3 is 14.4 Å². The van der Waals surface area contributed by atoms with Gasteiger partial charge in [-0.15, -0.1) is 5.54 Å². The Morgan fingerprint density at radius 1 is 1.06 bits per heavy atom. The van der Waals surface area contributed by atoms with Gasteiger partial charge in [0.25, 0.3) is 0 Å². The van der Waals surface area contributed by atoms with Crippen LogP contribution in [0, 0.1) is 29.0 Å². The van der Waals surface area contributed by atoms with Crippen LogP contribution >= 0.6 is 0 Å². The molecule has 5 heterocycles. The maximum absolute atomic E-state index is 17.4. The van der Waals surface area contributed by atoms with Gasteiger partial charge in [0.2, 0.25) is 0 Å². The van der Waals surface area contributed by atoms with Crippen molar-refractivity contribution >= 4 is 35.6 Å². The van der Waals surface area contributed by atoms with Crippen LogP contribution in [0.15, 0.2) is 36.5 Å². The highest BCUT2D eigenvalue weighted by molar-refractivity contribution is 6.90. The molecule has 1 saturated carbocycles. The summed E-state index contributed by atoms with van der Waals surface area (Å²) >= 11 is 0. The molecule has 3 aliphatic heterocycles. The topological polar surface area (TPSA) is 63.6 Å². The van der Waals surface area contributed by atoms with Crippen molar-refractivity contribution in [2.75, 3.05) is 44.3 Å². The zero-order valence-corrected chi connectivity index (χ0v) is 32.7. The normalized spacial score (nSPS) is 26.5. The number of halogens is 4. The van der Waals surface area contributed by atoms with Gasteiger partial charge in [-0.1, -0.05) is 71.7 Å². The quantitative estimate of drug-likeness (QED) is 0.101. The van der Waals surface area contributed by atoms with E-state index in [1.807, 2.05) is 6.07 Å². The number of hydrogen-bond acceptors (Lipinski definition) is 7. The second-order valence-corrected chi connectivity index (χ2v) is 22.0. The number of hydrogen-bond donors (Lipinski definition) is 0. The minimum absolute atomic E-state index is 0.0579. The molecule has 3 saturated heterocycles. The highest BCUT2D eigenvalue weighted by Gasteiger charge is 2.56. The largest absolute Gasteiger partial charge is 0.461 e. The fourth-order valence-corrected chi connectivity index (χ4v) is 15.0. The molecule has 0 amide bonds. The lowest BCUT2D eigenvalue weighted by Crippen LogP contribution is -2.43. The Morgan fingerprint density at radius 3 is 2.59 bits per heavy atom. The van der Waals surface area contributed by atoms with Crippen molar-refractivity contribution in [2.24, 2.45) is 5.92 Å². The monoisotopic (exact) mass is 761 g/mol. The maximum atomic E-state index is 17.4. The second kappa shape index (κ2) is 14.1. The van der Waals surface area contributed by atoms with Crippen molar-refractivity contribution in [1.29, 1.82) is 0 Å². The van der Waals surface area contributed by atoms with Gasteiger partial charge in [-0.3, -0.25) is 9.88 Å². The molecular formula is C42H49F4N5O2Si. The van der Waals surface area contributed by atoms with E-state index in [9.17, 15) is 4.39 Å². The first kappa shape index (κ1) is 34.7. The van der Waals surface area contributed by atoms with Crippen LogP contribution in [0.3, 0.4) is 0 Å². The van der Waals surface area contributed by atoms with Gasteiger partial charge >= 0.3 is 6.01 Å². The van der Waals surface area contributed by atoms with Crippen molar-refractivity contribution < 1.29 is 29.8 Å². The van der Waals surface area contributed by atoms with E-state index in [4.69, 9.17) is 12.2 Å². The SMILES string of the molecule is [2H]C([2H])(Oc1nc(N2CCOC[C@@H]3[C@@H](F)[C@@H]32)c2cnc(-c3cccc4ccc(F)c(C#C[Si](C(C)C)(C(C)C)C(C)C)c34)c(F)c2n1)[C@@]12CCCN1C[C@H](F)C2. The number of pyridine rings is 1. The third kappa shape index (κ3) is 6.05. The molecule has 2 aromatic heterocycles. The van der Waals surface area contributed by atoms with E-state index in [-0.39, 0.29) is 60.7 Å². The molecule has 0 N–H and O–H groups in total. The van der Waals surface area contributed by atoms with E-state index in [0.717, 1.165) is 0 Å². The number of benzene rings is 2. The van der Waals surface area contributed by atoms with Gasteiger partial charge in [-0.25, -0.2) is 17.6 Å². The van der Waals surface area contributed by atoms with Crippen LogP contribution in [0.4, 0.5) is 23.4 Å². The fourth-order valence-electron chi connectivity index (χ4n) is 9.84. The van der Waals surface area contributed by atoms with Gasteiger partial charge in [-0.2, -0.15) is 9.97 Å². The maximum Gasteiger partial charge on any atom is 0.319 e. The van der Waals surface area contributed by atoms with Crippen LogP contribution in [-0.4, -0.2) is 91.3 Å². The average molecular weight is 762 g/mol. The van der Waals surface area contributed by atoms with E-state index in [1.54, 1.807) is 28.0 Å². The lowest BCUT2D eigenvalue weighted by molar-refractivity contribution is 0.107.